The normalized spacial score (nSPS) is 17.6. The molecule has 0 bridgehead atoms. The molecule has 1 saturated heterocycles. The van der Waals surface area contributed by atoms with Crippen LogP contribution in [0.3, 0.4) is 0 Å². The number of thiocarbonyl (C=S) groups is 1. The van der Waals surface area contributed by atoms with Crippen LogP contribution in [-0.2, 0) is 0 Å². The zero-order valence-electron chi connectivity index (χ0n) is 10.5. The Balaban J connectivity index is 2.32. The summed E-state index contributed by atoms with van der Waals surface area (Å²) < 4.78 is 0.977. The van der Waals surface area contributed by atoms with Crippen molar-refractivity contribution in [3.8, 4) is 0 Å². The minimum atomic E-state index is 0.454. The van der Waals surface area contributed by atoms with Gasteiger partial charge >= 0.3 is 0 Å². The fraction of sp³-hybridized carbons (Fsp3) is 0.462. The largest absolute Gasteiger partial charge is 0.389 e. The van der Waals surface area contributed by atoms with E-state index in [1.807, 2.05) is 12.1 Å². The SMILES string of the molecule is CN1CCCN(c2cccc(Br)c2C(N)=S)CC1. The highest BCUT2D eigenvalue weighted by molar-refractivity contribution is 9.10. The summed E-state index contributed by atoms with van der Waals surface area (Å²) in [5, 5.41) is 0. The molecule has 0 saturated carbocycles. The van der Waals surface area contributed by atoms with Gasteiger partial charge in [-0.3, -0.25) is 0 Å². The number of hydrogen-bond acceptors (Lipinski definition) is 3. The third kappa shape index (κ3) is 3.02. The van der Waals surface area contributed by atoms with Crippen molar-refractivity contribution in [3.05, 3.63) is 28.2 Å². The lowest BCUT2D eigenvalue weighted by Crippen LogP contribution is -2.30. The first-order chi connectivity index (χ1) is 8.59. The molecular weight excluding hydrogens is 310 g/mol. The third-order valence-corrected chi connectivity index (χ3v) is 4.16. The molecule has 1 aliphatic rings. The van der Waals surface area contributed by atoms with Gasteiger partial charge in [0.25, 0.3) is 0 Å². The lowest BCUT2D eigenvalue weighted by atomic mass is 10.1. The molecule has 0 unspecified atom stereocenters. The lowest BCUT2D eigenvalue weighted by molar-refractivity contribution is 0.360. The second kappa shape index (κ2) is 5.99. The number of rotatable bonds is 2. The average Bonchev–Trinajstić information content (AvgIpc) is 2.53. The number of nitrogens with two attached hydrogens (primary N) is 1. The van der Waals surface area contributed by atoms with E-state index in [1.165, 1.54) is 6.42 Å². The number of benzene rings is 1. The Kier molecular flexibility index (Phi) is 4.59. The van der Waals surface area contributed by atoms with E-state index in [9.17, 15) is 0 Å². The topological polar surface area (TPSA) is 32.5 Å². The van der Waals surface area contributed by atoms with Gasteiger partial charge in [-0.05, 0) is 48.1 Å². The zero-order chi connectivity index (χ0) is 13.1. The molecule has 0 aliphatic carbocycles. The van der Waals surface area contributed by atoms with E-state index >= 15 is 0 Å². The summed E-state index contributed by atoms with van der Waals surface area (Å²) in [7, 11) is 2.17. The second-order valence-corrected chi connectivity index (χ2v) is 5.94. The van der Waals surface area contributed by atoms with Crippen molar-refractivity contribution in [3.63, 3.8) is 0 Å². The Bertz CT molecular complexity index is 450. The maximum absolute atomic E-state index is 5.85. The first-order valence-electron chi connectivity index (χ1n) is 6.11. The Morgan fingerprint density at radius 1 is 1.28 bits per heavy atom. The quantitative estimate of drug-likeness (QED) is 0.844. The van der Waals surface area contributed by atoms with E-state index in [2.05, 4.69) is 38.8 Å². The first-order valence-corrected chi connectivity index (χ1v) is 7.31. The molecule has 1 aliphatic heterocycles. The van der Waals surface area contributed by atoms with Crippen LogP contribution in [0.4, 0.5) is 5.69 Å². The summed E-state index contributed by atoms with van der Waals surface area (Å²) in [6, 6.07) is 6.13. The summed E-state index contributed by atoms with van der Waals surface area (Å²) in [5.74, 6) is 0. The highest BCUT2D eigenvalue weighted by Gasteiger charge is 2.18. The van der Waals surface area contributed by atoms with Gasteiger partial charge in [-0.25, -0.2) is 0 Å². The van der Waals surface area contributed by atoms with Gasteiger partial charge in [0.2, 0.25) is 0 Å². The van der Waals surface area contributed by atoms with Crippen LogP contribution in [0.15, 0.2) is 22.7 Å². The molecule has 2 rings (SSSR count). The predicted molar refractivity (Wildman–Crippen MR) is 84.4 cm³/mol. The van der Waals surface area contributed by atoms with Crippen LogP contribution in [0, 0.1) is 0 Å². The van der Waals surface area contributed by atoms with Crippen LogP contribution in [-0.4, -0.2) is 43.1 Å². The van der Waals surface area contributed by atoms with Gasteiger partial charge in [-0.15, -0.1) is 0 Å². The summed E-state index contributed by atoms with van der Waals surface area (Å²) in [5.41, 5.74) is 7.95. The van der Waals surface area contributed by atoms with Crippen LogP contribution < -0.4 is 10.6 Å². The highest BCUT2D eigenvalue weighted by Crippen LogP contribution is 2.28. The molecular formula is C13H18BrN3S. The Morgan fingerprint density at radius 3 is 2.78 bits per heavy atom. The number of anilines is 1. The molecule has 1 aromatic rings. The van der Waals surface area contributed by atoms with Crippen LogP contribution in [0.25, 0.3) is 0 Å². The molecule has 0 amide bonds. The van der Waals surface area contributed by atoms with E-state index < -0.39 is 0 Å². The molecule has 1 heterocycles. The summed E-state index contributed by atoms with van der Waals surface area (Å²) >= 11 is 8.72. The smallest absolute Gasteiger partial charge is 0.107 e. The third-order valence-electron chi connectivity index (χ3n) is 3.30. The van der Waals surface area contributed by atoms with Gasteiger partial charge in [0.05, 0.1) is 0 Å². The zero-order valence-corrected chi connectivity index (χ0v) is 12.9. The molecule has 2 N–H and O–H groups in total. The van der Waals surface area contributed by atoms with Gasteiger partial charge in [-0.1, -0.05) is 18.3 Å². The Labute approximate surface area is 122 Å². The molecule has 5 heteroatoms. The Morgan fingerprint density at radius 2 is 2.06 bits per heavy atom. The first kappa shape index (κ1) is 13.8. The van der Waals surface area contributed by atoms with Crippen LogP contribution >= 0.6 is 28.1 Å². The average molecular weight is 328 g/mol. The molecule has 3 nitrogen and oxygen atoms in total. The predicted octanol–water partition coefficient (Wildman–Crippen LogP) is 2.23. The van der Waals surface area contributed by atoms with Crippen molar-refractivity contribution in [2.24, 2.45) is 5.73 Å². The highest BCUT2D eigenvalue weighted by atomic mass is 79.9. The van der Waals surface area contributed by atoms with E-state index in [0.717, 1.165) is 41.9 Å². The summed E-state index contributed by atoms with van der Waals surface area (Å²) in [6.07, 6.45) is 1.17. The fourth-order valence-corrected chi connectivity index (χ4v) is 3.22. The van der Waals surface area contributed by atoms with Gasteiger partial charge in [0.15, 0.2) is 0 Å². The van der Waals surface area contributed by atoms with Crippen molar-refractivity contribution in [2.75, 3.05) is 38.1 Å². The van der Waals surface area contributed by atoms with Crippen molar-refractivity contribution < 1.29 is 0 Å². The maximum atomic E-state index is 5.85. The van der Waals surface area contributed by atoms with Gasteiger partial charge in [0, 0.05) is 35.4 Å². The van der Waals surface area contributed by atoms with E-state index in [4.69, 9.17) is 18.0 Å². The molecule has 0 spiro atoms. The van der Waals surface area contributed by atoms with E-state index in [-0.39, 0.29) is 0 Å². The molecule has 0 atom stereocenters. The second-order valence-electron chi connectivity index (χ2n) is 4.64. The van der Waals surface area contributed by atoms with Gasteiger partial charge < -0.3 is 15.5 Å². The van der Waals surface area contributed by atoms with Crippen molar-refractivity contribution in [1.29, 1.82) is 0 Å². The lowest BCUT2D eigenvalue weighted by Gasteiger charge is -2.25. The standard InChI is InChI=1S/C13H18BrN3S/c1-16-6-3-7-17(9-8-16)11-5-2-4-10(14)12(11)13(15)18/h2,4-5H,3,6-9H2,1H3,(H2,15,18). The molecule has 0 radical (unpaired) electrons. The van der Waals surface area contributed by atoms with Crippen molar-refractivity contribution in [1.82, 2.24) is 4.90 Å². The molecule has 1 fully saturated rings. The fourth-order valence-electron chi connectivity index (χ4n) is 2.31. The van der Waals surface area contributed by atoms with Crippen molar-refractivity contribution in [2.45, 2.75) is 6.42 Å². The molecule has 1 aromatic carbocycles. The monoisotopic (exact) mass is 327 g/mol. The molecule has 0 aromatic heterocycles. The molecule has 18 heavy (non-hydrogen) atoms. The van der Waals surface area contributed by atoms with Crippen molar-refractivity contribution >= 4 is 38.8 Å². The number of halogens is 1. The van der Waals surface area contributed by atoms with Crippen LogP contribution in [0.1, 0.15) is 12.0 Å². The number of nitrogens with zero attached hydrogens (tertiary/aromatic N) is 2. The van der Waals surface area contributed by atoms with Crippen LogP contribution in [0.5, 0.6) is 0 Å². The maximum Gasteiger partial charge on any atom is 0.107 e. The summed E-state index contributed by atoms with van der Waals surface area (Å²) in [6.45, 7) is 4.29. The van der Waals surface area contributed by atoms with Gasteiger partial charge in [-0.2, -0.15) is 0 Å². The van der Waals surface area contributed by atoms with Crippen LogP contribution in [0.2, 0.25) is 0 Å². The number of hydrogen-bond donors (Lipinski definition) is 1. The van der Waals surface area contributed by atoms with E-state index in [0.29, 0.717) is 4.99 Å². The Hall–Kier alpha value is -0.650. The minimum absolute atomic E-state index is 0.454. The molecule has 98 valence electrons. The van der Waals surface area contributed by atoms with E-state index in [1.54, 1.807) is 0 Å². The summed E-state index contributed by atoms with van der Waals surface area (Å²) in [4.78, 5) is 5.19. The minimum Gasteiger partial charge on any atom is -0.389 e. The number of likely N-dealkylation sites (N-methyl/N-ethyl adjacent to an activating group) is 1. The van der Waals surface area contributed by atoms with Gasteiger partial charge in [0.1, 0.15) is 4.99 Å².